The highest BCUT2D eigenvalue weighted by molar-refractivity contribution is 5.94. The van der Waals surface area contributed by atoms with Gasteiger partial charge in [0, 0.05) is 42.2 Å². The van der Waals surface area contributed by atoms with Gasteiger partial charge in [-0.2, -0.15) is 13.2 Å². The van der Waals surface area contributed by atoms with E-state index in [-0.39, 0.29) is 36.0 Å². The van der Waals surface area contributed by atoms with Gasteiger partial charge < -0.3 is 19.5 Å². The van der Waals surface area contributed by atoms with Crippen molar-refractivity contribution in [2.75, 3.05) is 20.3 Å². The minimum atomic E-state index is -4.30. The number of hydrogen-bond acceptors (Lipinski definition) is 7. The number of hydrogen-bond donors (Lipinski definition) is 1. The first kappa shape index (κ1) is 23.3. The van der Waals surface area contributed by atoms with Crippen LogP contribution < -0.4 is 19.5 Å². The Balaban J connectivity index is 1.40. The highest BCUT2D eigenvalue weighted by Crippen LogP contribution is 2.34. The number of aromatic nitrogens is 3. The summed E-state index contributed by atoms with van der Waals surface area (Å²) in [5, 5.41) is 2.91. The standard InChI is InChI=1S/C23H21F3N4O4/c1-32-22-28-11-15(12-29-22)17-3-2-4-19-18(17)9-16(13-34-19)30-21(31)14-5-6-20(27-10-14)33-8-7-23(24,25)26/h2-6,10-12,16H,7-9,13H2,1H3,(H,30,31)/t16-/m0/s1. The zero-order valence-corrected chi connectivity index (χ0v) is 18.1. The predicted molar refractivity (Wildman–Crippen MR) is 115 cm³/mol. The molecule has 0 unspecified atom stereocenters. The molecular weight excluding hydrogens is 453 g/mol. The average molecular weight is 474 g/mol. The number of amides is 1. The van der Waals surface area contributed by atoms with Gasteiger partial charge in [0.2, 0.25) is 5.88 Å². The van der Waals surface area contributed by atoms with Crippen LogP contribution in [0.3, 0.4) is 0 Å². The van der Waals surface area contributed by atoms with Gasteiger partial charge in [0.25, 0.3) is 5.91 Å². The second kappa shape index (κ2) is 9.94. The number of halogens is 3. The lowest BCUT2D eigenvalue weighted by Crippen LogP contribution is -2.42. The lowest BCUT2D eigenvalue weighted by molar-refractivity contribution is -0.139. The second-order valence-corrected chi connectivity index (χ2v) is 7.52. The van der Waals surface area contributed by atoms with Gasteiger partial charge >= 0.3 is 12.2 Å². The molecule has 0 aliphatic carbocycles. The van der Waals surface area contributed by atoms with E-state index in [1.54, 1.807) is 12.4 Å². The molecule has 8 nitrogen and oxygen atoms in total. The molecule has 1 amide bonds. The molecule has 178 valence electrons. The van der Waals surface area contributed by atoms with E-state index >= 15 is 0 Å². The molecule has 3 heterocycles. The Morgan fingerprint density at radius 1 is 1.15 bits per heavy atom. The SMILES string of the molecule is COc1ncc(-c2cccc3c2C[C@H](NC(=O)c2ccc(OCCC(F)(F)F)nc2)CO3)cn1. The summed E-state index contributed by atoms with van der Waals surface area (Å²) in [4.78, 5) is 24.9. The van der Waals surface area contributed by atoms with Crippen molar-refractivity contribution in [2.24, 2.45) is 0 Å². The van der Waals surface area contributed by atoms with E-state index in [0.717, 1.165) is 22.4 Å². The number of alkyl halides is 3. The fourth-order valence-corrected chi connectivity index (χ4v) is 3.47. The molecule has 0 saturated carbocycles. The van der Waals surface area contributed by atoms with E-state index in [0.29, 0.717) is 6.42 Å². The lowest BCUT2D eigenvalue weighted by Gasteiger charge is -2.28. The summed E-state index contributed by atoms with van der Waals surface area (Å²) in [6.45, 7) is -0.254. The van der Waals surface area contributed by atoms with Crippen molar-refractivity contribution in [3.8, 4) is 28.8 Å². The van der Waals surface area contributed by atoms with Gasteiger partial charge in [-0.05, 0) is 17.7 Å². The molecule has 1 aliphatic heterocycles. The normalized spacial score (nSPS) is 15.1. The van der Waals surface area contributed by atoms with E-state index in [1.807, 2.05) is 18.2 Å². The molecule has 4 rings (SSSR count). The molecule has 3 aromatic rings. The molecule has 1 aliphatic rings. The summed E-state index contributed by atoms with van der Waals surface area (Å²) in [6.07, 6.45) is -0.280. The zero-order valence-electron chi connectivity index (χ0n) is 18.1. The second-order valence-electron chi connectivity index (χ2n) is 7.52. The van der Waals surface area contributed by atoms with Crippen LogP contribution in [-0.4, -0.2) is 53.4 Å². The van der Waals surface area contributed by atoms with E-state index in [1.165, 1.54) is 25.4 Å². The number of methoxy groups -OCH3 is 1. The number of rotatable bonds is 7. The first-order chi connectivity index (χ1) is 16.3. The number of nitrogens with one attached hydrogen (secondary N) is 1. The van der Waals surface area contributed by atoms with Gasteiger partial charge in [-0.25, -0.2) is 15.0 Å². The van der Waals surface area contributed by atoms with Crippen LogP contribution in [-0.2, 0) is 6.42 Å². The van der Waals surface area contributed by atoms with Crippen LogP contribution in [0, 0.1) is 0 Å². The Hall–Kier alpha value is -3.89. The topological polar surface area (TPSA) is 95.5 Å². The van der Waals surface area contributed by atoms with E-state index in [4.69, 9.17) is 14.2 Å². The first-order valence-corrected chi connectivity index (χ1v) is 10.4. The summed E-state index contributed by atoms with van der Waals surface area (Å²) < 4.78 is 52.5. The first-order valence-electron chi connectivity index (χ1n) is 10.4. The monoisotopic (exact) mass is 474 g/mol. The quantitative estimate of drug-likeness (QED) is 0.559. The molecule has 1 N–H and O–H groups in total. The van der Waals surface area contributed by atoms with Crippen LogP contribution in [0.4, 0.5) is 13.2 Å². The number of pyridine rings is 1. The molecule has 1 aromatic carbocycles. The van der Waals surface area contributed by atoms with Crippen LogP contribution >= 0.6 is 0 Å². The molecule has 0 spiro atoms. The maximum absolute atomic E-state index is 12.7. The summed E-state index contributed by atoms with van der Waals surface area (Å²) >= 11 is 0. The fourth-order valence-electron chi connectivity index (χ4n) is 3.47. The summed E-state index contributed by atoms with van der Waals surface area (Å²) in [7, 11) is 1.49. The van der Waals surface area contributed by atoms with Crippen LogP contribution in [0.1, 0.15) is 22.3 Å². The smallest absolute Gasteiger partial charge is 0.392 e. The number of carbonyl (C=O) groups excluding carboxylic acids is 1. The summed E-state index contributed by atoms with van der Waals surface area (Å²) in [5.74, 6) is 0.361. The lowest BCUT2D eigenvalue weighted by atomic mass is 9.94. The van der Waals surface area contributed by atoms with Crippen molar-refractivity contribution in [1.29, 1.82) is 0 Å². The predicted octanol–water partition coefficient (Wildman–Crippen LogP) is 3.61. The van der Waals surface area contributed by atoms with Crippen LogP contribution in [0.2, 0.25) is 0 Å². The third-order valence-corrected chi connectivity index (χ3v) is 5.11. The molecule has 2 aromatic heterocycles. The number of benzene rings is 1. The van der Waals surface area contributed by atoms with Crippen LogP contribution in [0.15, 0.2) is 48.9 Å². The minimum Gasteiger partial charge on any atom is -0.491 e. The molecule has 0 saturated heterocycles. The highest BCUT2D eigenvalue weighted by atomic mass is 19.4. The Kier molecular flexibility index (Phi) is 6.80. The van der Waals surface area contributed by atoms with E-state index < -0.39 is 19.2 Å². The van der Waals surface area contributed by atoms with Gasteiger partial charge in [0.05, 0.1) is 31.7 Å². The van der Waals surface area contributed by atoms with Crippen molar-refractivity contribution < 1.29 is 32.2 Å². The Bertz CT molecular complexity index is 1140. The summed E-state index contributed by atoms with van der Waals surface area (Å²) in [6, 6.07) is 8.44. The van der Waals surface area contributed by atoms with Crippen LogP contribution in [0.5, 0.6) is 17.6 Å². The van der Waals surface area contributed by atoms with Gasteiger partial charge in [0.1, 0.15) is 12.4 Å². The number of fused-ring (bicyclic) bond motifs is 1. The Morgan fingerprint density at radius 2 is 1.94 bits per heavy atom. The molecule has 11 heteroatoms. The van der Waals surface area contributed by atoms with Crippen molar-refractivity contribution in [2.45, 2.75) is 25.1 Å². The fraction of sp³-hybridized carbons (Fsp3) is 0.304. The van der Waals surface area contributed by atoms with Gasteiger partial charge in [-0.1, -0.05) is 12.1 Å². The maximum atomic E-state index is 12.7. The number of carbonyl (C=O) groups is 1. The number of nitrogens with zero attached hydrogens (tertiary/aromatic N) is 3. The van der Waals surface area contributed by atoms with Gasteiger partial charge in [-0.15, -0.1) is 0 Å². The summed E-state index contributed by atoms with van der Waals surface area (Å²) in [5.41, 5.74) is 2.85. The maximum Gasteiger partial charge on any atom is 0.392 e. The third-order valence-electron chi connectivity index (χ3n) is 5.11. The van der Waals surface area contributed by atoms with Gasteiger partial charge in [0.15, 0.2) is 0 Å². The number of ether oxygens (including phenoxy) is 3. The molecule has 34 heavy (non-hydrogen) atoms. The van der Waals surface area contributed by atoms with Crippen molar-refractivity contribution in [1.82, 2.24) is 20.3 Å². The van der Waals surface area contributed by atoms with Crippen molar-refractivity contribution >= 4 is 5.91 Å². The Labute approximate surface area is 193 Å². The largest absolute Gasteiger partial charge is 0.491 e. The van der Waals surface area contributed by atoms with E-state index in [2.05, 4.69) is 20.3 Å². The zero-order chi connectivity index (χ0) is 24.1. The van der Waals surface area contributed by atoms with Crippen LogP contribution in [0.25, 0.3) is 11.1 Å². The molecule has 0 bridgehead atoms. The molecule has 1 atom stereocenters. The Morgan fingerprint density at radius 3 is 2.62 bits per heavy atom. The van der Waals surface area contributed by atoms with E-state index in [9.17, 15) is 18.0 Å². The minimum absolute atomic E-state index is 0.0158. The third kappa shape index (κ3) is 5.72. The highest BCUT2D eigenvalue weighted by Gasteiger charge is 2.27. The molecule has 0 radical (unpaired) electrons. The van der Waals surface area contributed by atoms with Gasteiger partial charge in [-0.3, -0.25) is 4.79 Å². The van der Waals surface area contributed by atoms with Crippen molar-refractivity contribution in [3.63, 3.8) is 0 Å². The average Bonchev–Trinajstić information content (AvgIpc) is 2.83. The van der Waals surface area contributed by atoms with Crippen molar-refractivity contribution in [3.05, 3.63) is 60.0 Å². The molecular formula is C23H21F3N4O4. The molecule has 0 fully saturated rings.